The molecule has 0 radical (unpaired) electrons. The lowest BCUT2D eigenvalue weighted by Crippen LogP contribution is -2.51. The number of nitrogens with two attached hydrogens (primary N) is 1. The zero-order chi connectivity index (χ0) is 12.0. The van der Waals surface area contributed by atoms with Crippen molar-refractivity contribution < 1.29 is 9.53 Å². The van der Waals surface area contributed by atoms with Gasteiger partial charge in [-0.25, -0.2) is 0 Å². The Labute approximate surface area is 96.9 Å². The maximum atomic E-state index is 12.3. The van der Waals surface area contributed by atoms with E-state index in [1.165, 1.54) is 0 Å². The minimum atomic E-state index is -0.465. The molecule has 0 aromatic rings. The van der Waals surface area contributed by atoms with Gasteiger partial charge in [0.15, 0.2) is 0 Å². The van der Waals surface area contributed by atoms with Crippen LogP contribution in [0.2, 0.25) is 0 Å². The van der Waals surface area contributed by atoms with Crippen molar-refractivity contribution in [3.63, 3.8) is 0 Å². The summed E-state index contributed by atoms with van der Waals surface area (Å²) in [4.78, 5) is 12.3. The molecule has 3 unspecified atom stereocenters. The smallest absolute Gasteiger partial charge is 0.315 e. The first-order valence-corrected chi connectivity index (χ1v) is 6.09. The fourth-order valence-electron chi connectivity index (χ4n) is 3.02. The number of hydrogen-bond acceptors (Lipinski definition) is 4. The minimum Gasteiger partial charge on any atom is -0.459 e. The highest BCUT2D eigenvalue weighted by Gasteiger charge is 2.58. The molecule has 1 saturated heterocycles. The lowest BCUT2D eigenvalue weighted by molar-refractivity contribution is -0.169. The van der Waals surface area contributed by atoms with Gasteiger partial charge in [0.1, 0.15) is 11.0 Å². The summed E-state index contributed by atoms with van der Waals surface area (Å²) in [6.07, 6.45) is 2.79. The molecule has 3 atom stereocenters. The van der Waals surface area contributed by atoms with Crippen LogP contribution < -0.4 is 11.1 Å². The molecule has 92 valence electrons. The molecule has 2 fully saturated rings. The number of esters is 1. The van der Waals surface area contributed by atoms with Crippen LogP contribution in [0.1, 0.15) is 40.0 Å². The van der Waals surface area contributed by atoms with Gasteiger partial charge in [0.25, 0.3) is 0 Å². The van der Waals surface area contributed by atoms with Crippen molar-refractivity contribution in [3.05, 3.63) is 0 Å². The molecule has 4 heteroatoms. The monoisotopic (exact) mass is 226 g/mol. The number of hydrogen-bond donors (Lipinski definition) is 2. The third-order valence-electron chi connectivity index (χ3n) is 3.79. The summed E-state index contributed by atoms with van der Waals surface area (Å²) < 4.78 is 5.54. The van der Waals surface area contributed by atoms with Crippen molar-refractivity contribution in [2.75, 3.05) is 6.54 Å². The fourth-order valence-corrected chi connectivity index (χ4v) is 3.02. The second-order valence-corrected chi connectivity index (χ2v) is 6.02. The average molecular weight is 226 g/mol. The van der Waals surface area contributed by atoms with Gasteiger partial charge in [-0.3, -0.25) is 4.79 Å². The van der Waals surface area contributed by atoms with E-state index in [1.807, 2.05) is 20.8 Å². The van der Waals surface area contributed by atoms with Crippen molar-refractivity contribution in [1.82, 2.24) is 5.32 Å². The summed E-state index contributed by atoms with van der Waals surface area (Å²) in [6, 6.07) is 0. The fraction of sp³-hybridized carbons (Fsp3) is 0.917. The third kappa shape index (κ3) is 1.74. The molecule has 2 aliphatic rings. The first kappa shape index (κ1) is 11.9. The van der Waals surface area contributed by atoms with E-state index in [-0.39, 0.29) is 12.1 Å². The highest BCUT2D eigenvalue weighted by molar-refractivity contribution is 5.79. The van der Waals surface area contributed by atoms with Crippen LogP contribution in [-0.2, 0) is 9.53 Å². The maximum absolute atomic E-state index is 12.3. The Morgan fingerprint density at radius 3 is 2.81 bits per heavy atom. The molecule has 0 aromatic heterocycles. The van der Waals surface area contributed by atoms with Crippen LogP contribution in [0.15, 0.2) is 0 Å². The third-order valence-corrected chi connectivity index (χ3v) is 3.79. The summed E-state index contributed by atoms with van der Waals surface area (Å²) in [5.74, 6) is 0.248. The van der Waals surface area contributed by atoms with Crippen LogP contribution in [0.3, 0.4) is 0 Å². The lowest BCUT2D eigenvalue weighted by Gasteiger charge is -2.33. The van der Waals surface area contributed by atoms with E-state index in [2.05, 4.69) is 5.32 Å². The summed E-state index contributed by atoms with van der Waals surface area (Å²) in [5, 5.41) is 3.21. The van der Waals surface area contributed by atoms with Crippen molar-refractivity contribution in [1.29, 1.82) is 0 Å². The van der Waals surface area contributed by atoms with Gasteiger partial charge in [-0.2, -0.15) is 0 Å². The number of ether oxygens (including phenoxy) is 1. The Balaban J connectivity index is 2.19. The minimum absolute atomic E-state index is 0.111. The standard InChI is InChI=1S/C12H22N2O2/c1-11(2,3)16-10(15)12-6-4-5-8(12)7-14-9(12)13/h8-9,14H,4-7,13H2,1-3H3. The SMILES string of the molecule is CC(C)(C)OC(=O)C12CCCC1CNC2N. The molecule has 1 aliphatic heterocycles. The van der Waals surface area contributed by atoms with E-state index >= 15 is 0 Å². The second-order valence-electron chi connectivity index (χ2n) is 6.02. The largest absolute Gasteiger partial charge is 0.459 e. The van der Waals surface area contributed by atoms with Gasteiger partial charge in [-0.15, -0.1) is 0 Å². The summed E-state index contributed by atoms with van der Waals surface area (Å²) in [5.41, 5.74) is 5.17. The van der Waals surface area contributed by atoms with E-state index in [0.29, 0.717) is 5.92 Å². The zero-order valence-corrected chi connectivity index (χ0v) is 10.4. The Bertz CT molecular complexity index is 298. The van der Waals surface area contributed by atoms with Gasteiger partial charge in [0, 0.05) is 6.54 Å². The van der Waals surface area contributed by atoms with E-state index in [9.17, 15) is 4.79 Å². The van der Waals surface area contributed by atoms with Crippen molar-refractivity contribution in [3.8, 4) is 0 Å². The molecule has 16 heavy (non-hydrogen) atoms. The summed E-state index contributed by atoms with van der Waals surface area (Å²) in [6.45, 7) is 6.55. The van der Waals surface area contributed by atoms with Crippen LogP contribution in [-0.4, -0.2) is 24.3 Å². The first-order chi connectivity index (χ1) is 7.36. The molecule has 2 rings (SSSR count). The van der Waals surface area contributed by atoms with Crippen LogP contribution in [0.25, 0.3) is 0 Å². The van der Waals surface area contributed by atoms with Crippen LogP contribution >= 0.6 is 0 Å². The Morgan fingerprint density at radius 1 is 1.50 bits per heavy atom. The van der Waals surface area contributed by atoms with Crippen LogP contribution in [0, 0.1) is 11.3 Å². The van der Waals surface area contributed by atoms with Gasteiger partial charge in [0.05, 0.1) is 6.17 Å². The zero-order valence-electron chi connectivity index (χ0n) is 10.4. The van der Waals surface area contributed by atoms with Crippen molar-refractivity contribution in [2.45, 2.75) is 51.8 Å². The normalized spacial score (nSPS) is 38.5. The first-order valence-electron chi connectivity index (χ1n) is 6.09. The molecular formula is C12H22N2O2. The number of nitrogens with one attached hydrogen (secondary N) is 1. The number of carbonyl (C=O) groups excluding carboxylic acids is 1. The predicted octanol–water partition coefficient (Wildman–Crippen LogP) is 1.00. The highest BCUT2D eigenvalue weighted by Crippen LogP contribution is 2.49. The van der Waals surface area contributed by atoms with Gasteiger partial charge in [-0.05, 0) is 39.5 Å². The Kier molecular flexibility index (Phi) is 2.75. The van der Waals surface area contributed by atoms with E-state index in [4.69, 9.17) is 10.5 Å². The van der Waals surface area contributed by atoms with Gasteiger partial charge >= 0.3 is 5.97 Å². The molecule has 1 saturated carbocycles. The quantitative estimate of drug-likeness (QED) is 0.655. The number of fused-ring (bicyclic) bond motifs is 1. The lowest BCUT2D eigenvalue weighted by atomic mass is 9.78. The van der Waals surface area contributed by atoms with Gasteiger partial charge < -0.3 is 15.8 Å². The van der Waals surface area contributed by atoms with Gasteiger partial charge in [-0.1, -0.05) is 6.42 Å². The molecular weight excluding hydrogens is 204 g/mol. The highest BCUT2D eigenvalue weighted by atomic mass is 16.6. The molecule has 1 aliphatic carbocycles. The van der Waals surface area contributed by atoms with Crippen LogP contribution in [0.4, 0.5) is 0 Å². The molecule has 0 aromatic carbocycles. The average Bonchev–Trinajstić information content (AvgIpc) is 2.65. The van der Waals surface area contributed by atoms with E-state index in [1.54, 1.807) is 0 Å². The van der Waals surface area contributed by atoms with Crippen molar-refractivity contribution >= 4 is 5.97 Å². The predicted molar refractivity (Wildman–Crippen MR) is 61.6 cm³/mol. The number of rotatable bonds is 1. The van der Waals surface area contributed by atoms with E-state index < -0.39 is 11.0 Å². The molecule has 3 N–H and O–H groups in total. The van der Waals surface area contributed by atoms with Crippen LogP contribution in [0.5, 0.6) is 0 Å². The Morgan fingerprint density at radius 2 is 2.19 bits per heavy atom. The van der Waals surface area contributed by atoms with E-state index in [0.717, 1.165) is 25.8 Å². The molecule has 4 nitrogen and oxygen atoms in total. The molecule has 0 bridgehead atoms. The van der Waals surface area contributed by atoms with Crippen molar-refractivity contribution in [2.24, 2.45) is 17.1 Å². The Hall–Kier alpha value is -0.610. The maximum Gasteiger partial charge on any atom is 0.315 e. The van der Waals surface area contributed by atoms with Gasteiger partial charge in [0.2, 0.25) is 0 Å². The second kappa shape index (κ2) is 3.70. The molecule has 0 amide bonds. The summed E-state index contributed by atoms with van der Waals surface area (Å²) >= 11 is 0. The number of carbonyl (C=O) groups is 1. The summed E-state index contributed by atoms with van der Waals surface area (Å²) in [7, 11) is 0. The molecule has 1 heterocycles. The molecule has 0 spiro atoms. The topological polar surface area (TPSA) is 64.3 Å².